The van der Waals surface area contributed by atoms with Crippen LogP contribution in [0.15, 0.2) is 24.3 Å². The van der Waals surface area contributed by atoms with Gasteiger partial charge in [-0.1, -0.05) is 6.92 Å². The van der Waals surface area contributed by atoms with Crippen LogP contribution in [0.25, 0.3) is 0 Å². The van der Waals surface area contributed by atoms with Gasteiger partial charge in [0.05, 0.1) is 24.1 Å². The van der Waals surface area contributed by atoms with Crippen LogP contribution in [0.2, 0.25) is 0 Å². The Kier molecular flexibility index (Phi) is 8.20. The molecule has 1 aromatic rings. The van der Waals surface area contributed by atoms with Crippen LogP contribution < -0.4 is 5.32 Å². The lowest BCUT2D eigenvalue weighted by Gasteiger charge is -2.20. The first-order valence-corrected chi connectivity index (χ1v) is 8.18. The van der Waals surface area contributed by atoms with Gasteiger partial charge in [0.15, 0.2) is 0 Å². The number of nitrogens with one attached hydrogen (secondary N) is 1. The van der Waals surface area contributed by atoms with Crippen molar-refractivity contribution >= 4 is 23.5 Å². The zero-order valence-corrected chi connectivity index (χ0v) is 14.9. The van der Waals surface area contributed by atoms with Crippen LogP contribution in [-0.2, 0) is 19.1 Å². The predicted molar refractivity (Wildman–Crippen MR) is 91.4 cm³/mol. The van der Waals surface area contributed by atoms with Gasteiger partial charge in [-0.05, 0) is 32.4 Å². The maximum absolute atomic E-state index is 12.3. The molecule has 142 valence electrons. The highest BCUT2D eigenvalue weighted by Crippen LogP contribution is 2.14. The second kappa shape index (κ2) is 10.1. The van der Waals surface area contributed by atoms with Gasteiger partial charge in [-0.25, -0.2) is 4.79 Å². The molecule has 0 aliphatic rings. The topological polar surface area (TPSA) is 125 Å². The number of rotatable bonds is 9. The van der Waals surface area contributed by atoms with Gasteiger partial charge in [0.2, 0.25) is 0 Å². The van der Waals surface area contributed by atoms with Gasteiger partial charge in [0.25, 0.3) is 11.6 Å². The minimum atomic E-state index is -1.04. The van der Waals surface area contributed by atoms with Crippen LogP contribution in [0.1, 0.15) is 37.6 Å². The number of ether oxygens (including phenoxy) is 2. The fourth-order valence-electron chi connectivity index (χ4n) is 2.17. The van der Waals surface area contributed by atoms with Gasteiger partial charge in [-0.15, -0.1) is 0 Å². The Morgan fingerprint density at radius 1 is 1.08 bits per heavy atom. The molecule has 0 heterocycles. The van der Waals surface area contributed by atoms with Crippen molar-refractivity contribution in [2.45, 2.75) is 33.2 Å². The van der Waals surface area contributed by atoms with Crippen LogP contribution in [0.3, 0.4) is 0 Å². The average molecular weight is 366 g/mol. The van der Waals surface area contributed by atoms with Gasteiger partial charge >= 0.3 is 11.9 Å². The average Bonchev–Trinajstić information content (AvgIpc) is 2.61. The molecular weight excluding hydrogens is 344 g/mol. The molecule has 9 heteroatoms. The number of benzene rings is 1. The smallest absolute Gasteiger partial charge is 0.328 e. The quantitative estimate of drug-likeness (QED) is 0.401. The number of nitrogens with zero attached hydrogens (tertiary/aromatic N) is 1. The van der Waals surface area contributed by atoms with E-state index in [1.165, 1.54) is 24.3 Å². The molecule has 0 unspecified atom stereocenters. The molecule has 1 N–H and O–H groups in total. The van der Waals surface area contributed by atoms with Crippen molar-refractivity contribution in [2.75, 3.05) is 13.2 Å². The van der Waals surface area contributed by atoms with Crippen LogP contribution in [0.5, 0.6) is 0 Å². The molecule has 0 fully saturated rings. The first kappa shape index (κ1) is 21.1. The third-order valence-electron chi connectivity index (χ3n) is 3.49. The van der Waals surface area contributed by atoms with Crippen molar-refractivity contribution in [3.63, 3.8) is 0 Å². The van der Waals surface area contributed by atoms with Crippen molar-refractivity contribution in [2.24, 2.45) is 5.92 Å². The maximum atomic E-state index is 12.3. The number of hydrogen-bond donors (Lipinski definition) is 1. The van der Waals surface area contributed by atoms with Crippen molar-refractivity contribution in [3.8, 4) is 0 Å². The summed E-state index contributed by atoms with van der Waals surface area (Å²) in [4.78, 5) is 46.3. The lowest BCUT2D eigenvalue weighted by Crippen LogP contribution is -2.43. The van der Waals surface area contributed by atoms with Crippen molar-refractivity contribution in [1.29, 1.82) is 0 Å². The van der Waals surface area contributed by atoms with E-state index in [2.05, 4.69) is 5.32 Å². The predicted octanol–water partition coefficient (Wildman–Crippen LogP) is 1.85. The number of carbonyl (C=O) groups excluding carboxylic acids is 3. The molecule has 0 spiro atoms. The molecule has 0 radical (unpaired) electrons. The molecule has 0 aliphatic heterocycles. The second-order valence-electron chi connectivity index (χ2n) is 5.47. The van der Waals surface area contributed by atoms with Crippen LogP contribution in [0.4, 0.5) is 5.69 Å². The second-order valence-corrected chi connectivity index (χ2v) is 5.47. The molecule has 0 saturated carbocycles. The van der Waals surface area contributed by atoms with Crippen LogP contribution in [0, 0.1) is 16.0 Å². The number of nitro benzene ring substituents is 1. The monoisotopic (exact) mass is 366 g/mol. The molecule has 1 amide bonds. The van der Waals surface area contributed by atoms with E-state index in [4.69, 9.17) is 9.47 Å². The lowest BCUT2D eigenvalue weighted by atomic mass is 10.0. The summed E-state index contributed by atoms with van der Waals surface area (Å²) < 4.78 is 9.84. The summed E-state index contributed by atoms with van der Waals surface area (Å²) >= 11 is 0. The fourth-order valence-corrected chi connectivity index (χ4v) is 2.17. The van der Waals surface area contributed by atoms with E-state index in [0.717, 1.165) is 0 Å². The highest BCUT2D eigenvalue weighted by Gasteiger charge is 2.28. The minimum absolute atomic E-state index is 0.0103. The Hall–Kier alpha value is -2.97. The van der Waals surface area contributed by atoms with E-state index in [-0.39, 0.29) is 30.9 Å². The molecule has 0 aliphatic carbocycles. The molecule has 0 saturated heterocycles. The number of hydrogen-bond acceptors (Lipinski definition) is 7. The molecule has 1 rings (SSSR count). The molecule has 1 aromatic carbocycles. The number of nitro groups is 1. The Morgan fingerprint density at radius 2 is 1.62 bits per heavy atom. The summed E-state index contributed by atoms with van der Waals surface area (Å²) in [5, 5.41) is 13.2. The highest BCUT2D eigenvalue weighted by molar-refractivity contribution is 5.97. The van der Waals surface area contributed by atoms with Gasteiger partial charge in [0.1, 0.15) is 6.04 Å². The maximum Gasteiger partial charge on any atom is 0.328 e. The first-order chi connectivity index (χ1) is 12.3. The summed E-state index contributed by atoms with van der Waals surface area (Å²) in [6.45, 7) is 5.22. The lowest BCUT2D eigenvalue weighted by molar-refractivity contribution is -0.384. The van der Waals surface area contributed by atoms with E-state index in [1.54, 1.807) is 20.8 Å². The Bertz CT molecular complexity index is 658. The molecular formula is C17H22N2O7. The van der Waals surface area contributed by atoms with Crippen molar-refractivity contribution in [3.05, 3.63) is 39.9 Å². The third kappa shape index (κ3) is 6.15. The number of non-ortho nitro benzene ring substituents is 1. The summed E-state index contributed by atoms with van der Waals surface area (Å²) in [5.74, 6) is -2.37. The Balaban J connectivity index is 2.86. The first-order valence-electron chi connectivity index (χ1n) is 8.18. The van der Waals surface area contributed by atoms with E-state index in [1.807, 2.05) is 0 Å². The van der Waals surface area contributed by atoms with Gasteiger partial charge < -0.3 is 14.8 Å². The third-order valence-corrected chi connectivity index (χ3v) is 3.49. The van der Waals surface area contributed by atoms with E-state index < -0.39 is 34.7 Å². The highest BCUT2D eigenvalue weighted by atomic mass is 16.6. The van der Waals surface area contributed by atoms with E-state index in [0.29, 0.717) is 0 Å². The largest absolute Gasteiger partial charge is 0.466 e. The normalized spacial score (nSPS) is 12.6. The molecule has 2 atom stereocenters. The number of esters is 2. The Morgan fingerprint density at radius 3 is 2.12 bits per heavy atom. The fraction of sp³-hybridized carbons (Fsp3) is 0.471. The number of amides is 1. The van der Waals surface area contributed by atoms with Gasteiger partial charge in [-0.3, -0.25) is 19.7 Å². The molecule has 0 bridgehead atoms. The molecule has 9 nitrogen and oxygen atoms in total. The zero-order valence-electron chi connectivity index (χ0n) is 14.9. The molecule has 26 heavy (non-hydrogen) atoms. The summed E-state index contributed by atoms with van der Waals surface area (Å²) in [6.07, 6.45) is 0.0103. The van der Waals surface area contributed by atoms with Crippen molar-refractivity contribution < 1.29 is 28.8 Å². The van der Waals surface area contributed by atoms with Gasteiger partial charge in [-0.2, -0.15) is 0 Å². The minimum Gasteiger partial charge on any atom is -0.466 e. The van der Waals surface area contributed by atoms with Gasteiger partial charge in [0, 0.05) is 17.7 Å². The molecule has 0 aromatic heterocycles. The summed E-state index contributed by atoms with van der Waals surface area (Å²) in [6, 6.07) is 3.90. The summed E-state index contributed by atoms with van der Waals surface area (Å²) in [7, 11) is 0. The standard InChI is InChI=1S/C17H22N2O7/c1-4-25-16(21)11(3)10-14(17(22)26-5-2)18-15(20)12-6-8-13(9-7-12)19(23)24/h6-9,11,14H,4-5,10H2,1-3H3,(H,18,20)/t11-,14-/m1/s1. The van der Waals surface area contributed by atoms with Crippen LogP contribution >= 0.6 is 0 Å². The van der Waals surface area contributed by atoms with E-state index >= 15 is 0 Å². The summed E-state index contributed by atoms with van der Waals surface area (Å²) in [5.41, 5.74) is -0.00638. The number of carbonyl (C=O) groups is 3. The van der Waals surface area contributed by atoms with E-state index in [9.17, 15) is 24.5 Å². The van der Waals surface area contributed by atoms with Crippen LogP contribution in [-0.4, -0.2) is 42.0 Å². The van der Waals surface area contributed by atoms with Crippen molar-refractivity contribution in [1.82, 2.24) is 5.32 Å². The SMILES string of the molecule is CCOC(=O)[C@H](C)C[C@@H](NC(=O)c1ccc([N+](=O)[O-])cc1)C(=O)OCC. The zero-order chi connectivity index (χ0) is 19.7. The Labute approximate surface area is 150 Å².